The van der Waals surface area contributed by atoms with Crippen LogP contribution in [-0.4, -0.2) is 86.0 Å². The molecular weight excluding hydrogens is 472 g/mol. The molecule has 186 valence electrons. The van der Waals surface area contributed by atoms with Crippen LogP contribution in [0.5, 0.6) is 0 Å². The Morgan fingerprint density at radius 3 is 2.06 bits per heavy atom. The molecule has 0 radical (unpaired) electrons. The number of carbonyl (C=O) groups is 2. The van der Waals surface area contributed by atoms with Gasteiger partial charge in [0, 0.05) is 12.1 Å². The Balaban J connectivity index is 0.00000578. The SMILES string of the molecule is Cl.NC(N)=Nc1ccc(C(=O)O)c(-c2ccc(C(=O)NC[C@H](O)[C@@H](O)[C@H](O)[C@H](O)CO)cc2)c1. The third kappa shape index (κ3) is 7.38. The number of hydrogen-bond donors (Lipinski definition) is 9. The molecule has 0 unspecified atom stereocenters. The first-order valence-corrected chi connectivity index (χ1v) is 9.73. The van der Waals surface area contributed by atoms with E-state index >= 15 is 0 Å². The van der Waals surface area contributed by atoms with E-state index in [0.29, 0.717) is 16.8 Å². The highest BCUT2D eigenvalue weighted by molar-refractivity contribution is 5.98. The molecule has 2 rings (SSSR count). The molecule has 0 saturated heterocycles. The summed E-state index contributed by atoms with van der Waals surface area (Å²) in [6.45, 7) is -1.26. The maximum Gasteiger partial charge on any atom is 0.336 e. The minimum atomic E-state index is -1.81. The number of benzene rings is 2. The molecule has 4 atom stereocenters. The third-order valence-electron chi connectivity index (χ3n) is 4.75. The van der Waals surface area contributed by atoms with Gasteiger partial charge in [0.1, 0.15) is 18.3 Å². The molecule has 2 aromatic carbocycles. The van der Waals surface area contributed by atoms with Gasteiger partial charge in [-0.2, -0.15) is 0 Å². The summed E-state index contributed by atoms with van der Waals surface area (Å²) in [5, 5.41) is 59.2. The maximum absolute atomic E-state index is 12.3. The Morgan fingerprint density at radius 1 is 0.941 bits per heavy atom. The average Bonchev–Trinajstić information content (AvgIpc) is 2.80. The monoisotopic (exact) mass is 498 g/mol. The van der Waals surface area contributed by atoms with Crippen LogP contribution >= 0.6 is 12.4 Å². The number of nitrogens with one attached hydrogen (secondary N) is 1. The quantitative estimate of drug-likeness (QED) is 0.136. The van der Waals surface area contributed by atoms with E-state index in [-0.39, 0.29) is 29.5 Å². The zero-order chi connectivity index (χ0) is 24.7. The number of carboxylic acids is 1. The summed E-state index contributed by atoms with van der Waals surface area (Å²) in [5.41, 5.74) is 12.1. The molecular formula is C21H27ClN4O8. The van der Waals surface area contributed by atoms with E-state index < -0.39 is 49.4 Å². The van der Waals surface area contributed by atoms with Crippen LogP contribution in [0.2, 0.25) is 0 Å². The van der Waals surface area contributed by atoms with Crippen LogP contribution in [0.4, 0.5) is 5.69 Å². The molecule has 13 heteroatoms. The van der Waals surface area contributed by atoms with Crippen LogP contribution in [0.15, 0.2) is 47.5 Å². The van der Waals surface area contributed by atoms with E-state index in [2.05, 4.69) is 10.3 Å². The molecule has 0 aliphatic heterocycles. The molecule has 1 amide bonds. The van der Waals surface area contributed by atoms with E-state index in [1.807, 2.05) is 0 Å². The normalized spacial score (nSPS) is 14.1. The number of nitrogens with two attached hydrogens (primary N) is 2. The van der Waals surface area contributed by atoms with Crippen molar-refractivity contribution in [2.45, 2.75) is 24.4 Å². The molecule has 0 aromatic heterocycles. The molecule has 0 heterocycles. The van der Waals surface area contributed by atoms with Crippen molar-refractivity contribution in [3.05, 3.63) is 53.6 Å². The van der Waals surface area contributed by atoms with Crippen molar-refractivity contribution in [2.24, 2.45) is 16.5 Å². The number of halogens is 1. The Bertz CT molecular complexity index is 1010. The summed E-state index contributed by atoms with van der Waals surface area (Å²) < 4.78 is 0. The molecule has 0 bridgehead atoms. The van der Waals surface area contributed by atoms with E-state index in [1.54, 1.807) is 0 Å². The van der Waals surface area contributed by atoms with Crippen molar-refractivity contribution in [3.63, 3.8) is 0 Å². The average molecular weight is 499 g/mol. The fraction of sp³-hybridized carbons (Fsp3) is 0.286. The second-order valence-corrected chi connectivity index (χ2v) is 7.16. The summed E-state index contributed by atoms with van der Waals surface area (Å²) >= 11 is 0. The van der Waals surface area contributed by atoms with Crippen molar-refractivity contribution in [2.75, 3.05) is 13.2 Å². The lowest BCUT2D eigenvalue weighted by Crippen LogP contribution is -2.49. The Morgan fingerprint density at radius 2 is 1.53 bits per heavy atom. The number of rotatable bonds is 10. The third-order valence-corrected chi connectivity index (χ3v) is 4.75. The fourth-order valence-corrected chi connectivity index (χ4v) is 2.96. The zero-order valence-electron chi connectivity index (χ0n) is 17.8. The molecule has 2 aromatic rings. The standard InChI is InChI=1S/C21H26N4O8.ClH/c22-21(23)25-12-5-6-13(20(32)33)14(7-12)10-1-3-11(4-2-10)19(31)24-8-15(27)17(29)18(30)16(28)9-26;/h1-7,15-18,26-30H,8-9H2,(H,24,31)(H,32,33)(H4,22,23,25);1H/t15-,16+,17+,18+;/m0./s1. The number of amides is 1. The van der Waals surface area contributed by atoms with Crippen molar-refractivity contribution in [3.8, 4) is 11.1 Å². The molecule has 0 aliphatic rings. The van der Waals surface area contributed by atoms with Gasteiger partial charge in [-0.25, -0.2) is 9.79 Å². The lowest BCUT2D eigenvalue weighted by atomic mass is 9.97. The predicted octanol–water partition coefficient (Wildman–Crippen LogP) is -1.46. The minimum absolute atomic E-state index is 0. The van der Waals surface area contributed by atoms with Crippen LogP contribution in [0.25, 0.3) is 11.1 Å². The molecule has 0 spiro atoms. The summed E-state index contributed by atoms with van der Waals surface area (Å²) in [6.07, 6.45) is -6.87. The first-order chi connectivity index (χ1) is 15.5. The smallest absolute Gasteiger partial charge is 0.336 e. The maximum atomic E-state index is 12.3. The molecule has 0 saturated carbocycles. The number of hydrogen-bond acceptors (Lipinski definition) is 8. The van der Waals surface area contributed by atoms with Crippen LogP contribution < -0.4 is 16.8 Å². The lowest BCUT2D eigenvalue weighted by molar-refractivity contribution is -0.113. The molecule has 0 fully saturated rings. The highest BCUT2D eigenvalue weighted by Crippen LogP contribution is 2.29. The fourth-order valence-electron chi connectivity index (χ4n) is 2.96. The van der Waals surface area contributed by atoms with E-state index in [1.165, 1.54) is 42.5 Å². The summed E-state index contributed by atoms with van der Waals surface area (Å²) in [7, 11) is 0. The van der Waals surface area contributed by atoms with Gasteiger partial charge in [0.25, 0.3) is 5.91 Å². The van der Waals surface area contributed by atoms with Crippen LogP contribution in [0.3, 0.4) is 0 Å². The van der Waals surface area contributed by atoms with E-state index in [4.69, 9.17) is 16.6 Å². The highest BCUT2D eigenvalue weighted by Gasteiger charge is 2.30. The van der Waals surface area contributed by atoms with Crippen molar-refractivity contribution in [1.29, 1.82) is 0 Å². The summed E-state index contributed by atoms with van der Waals surface area (Å²) in [4.78, 5) is 27.8. The number of nitrogens with zero attached hydrogens (tertiary/aromatic N) is 1. The Kier molecular flexibility index (Phi) is 10.9. The summed E-state index contributed by atoms with van der Waals surface area (Å²) in [5.74, 6) is -1.97. The zero-order valence-corrected chi connectivity index (χ0v) is 18.6. The number of aromatic carboxylic acids is 1. The molecule has 0 aliphatic carbocycles. The van der Waals surface area contributed by atoms with Gasteiger partial charge in [-0.15, -0.1) is 12.4 Å². The minimum Gasteiger partial charge on any atom is -0.478 e. The van der Waals surface area contributed by atoms with Gasteiger partial charge < -0.3 is 47.4 Å². The Hall–Kier alpha value is -3.26. The lowest BCUT2D eigenvalue weighted by Gasteiger charge is -2.25. The number of aliphatic hydroxyl groups is 5. The first kappa shape index (κ1) is 28.8. The number of aliphatic imine (C=N–C) groups is 1. The topological polar surface area (TPSA) is 232 Å². The van der Waals surface area contributed by atoms with E-state index in [9.17, 15) is 35.1 Å². The first-order valence-electron chi connectivity index (χ1n) is 9.73. The van der Waals surface area contributed by atoms with Crippen LogP contribution in [0.1, 0.15) is 20.7 Å². The van der Waals surface area contributed by atoms with Crippen molar-refractivity contribution in [1.82, 2.24) is 5.32 Å². The van der Waals surface area contributed by atoms with Gasteiger partial charge in [-0.3, -0.25) is 4.79 Å². The molecule has 12 nitrogen and oxygen atoms in total. The van der Waals surface area contributed by atoms with E-state index in [0.717, 1.165) is 0 Å². The van der Waals surface area contributed by atoms with Crippen LogP contribution in [0, 0.1) is 0 Å². The van der Waals surface area contributed by atoms with Crippen LogP contribution in [-0.2, 0) is 0 Å². The van der Waals surface area contributed by atoms with Gasteiger partial charge >= 0.3 is 5.97 Å². The number of carboxylic acid groups (broad SMARTS) is 1. The number of guanidine groups is 1. The predicted molar refractivity (Wildman–Crippen MR) is 125 cm³/mol. The number of carbonyl (C=O) groups excluding carboxylic acids is 1. The second-order valence-electron chi connectivity index (χ2n) is 7.16. The van der Waals surface area contributed by atoms with Gasteiger partial charge in [-0.05, 0) is 41.5 Å². The van der Waals surface area contributed by atoms with Gasteiger partial charge in [0.05, 0.1) is 24.0 Å². The molecule has 34 heavy (non-hydrogen) atoms. The van der Waals surface area contributed by atoms with Gasteiger partial charge in [-0.1, -0.05) is 12.1 Å². The van der Waals surface area contributed by atoms with Gasteiger partial charge in [0.2, 0.25) is 0 Å². The highest BCUT2D eigenvalue weighted by atomic mass is 35.5. The second kappa shape index (κ2) is 12.8. The van der Waals surface area contributed by atoms with Gasteiger partial charge in [0.15, 0.2) is 5.96 Å². The van der Waals surface area contributed by atoms with Crippen molar-refractivity contribution < 1.29 is 40.2 Å². The largest absolute Gasteiger partial charge is 0.478 e. The summed E-state index contributed by atoms with van der Waals surface area (Å²) in [6, 6.07) is 10.2. The molecule has 11 N–H and O–H groups in total. The Labute approximate surface area is 200 Å². The number of aliphatic hydroxyl groups excluding tert-OH is 5. The van der Waals surface area contributed by atoms with Crippen molar-refractivity contribution >= 4 is 35.9 Å².